The van der Waals surface area contributed by atoms with Crippen molar-refractivity contribution < 1.29 is 23.6 Å². The zero-order valence-corrected chi connectivity index (χ0v) is 19.1. The highest BCUT2D eigenvalue weighted by atomic mass is 19.1. The molecule has 0 aliphatic carbocycles. The third-order valence-electron chi connectivity index (χ3n) is 5.99. The van der Waals surface area contributed by atoms with Gasteiger partial charge in [0, 0.05) is 24.0 Å². The summed E-state index contributed by atoms with van der Waals surface area (Å²) in [6, 6.07) is 10.8. The molecule has 1 amide bonds. The van der Waals surface area contributed by atoms with Gasteiger partial charge in [-0.3, -0.25) is 4.79 Å². The van der Waals surface area contributed by atoms with Gasteiger partial charge in [-0.05, 0) is 36.6 Å². The molecule has 0 saturated heterocycles. The standard InChI is InChI=1S/C25H33FN2O3/c1-16(2)12-24(29)27-17(3)25-20-14-23(31-5)22(30-4)13-18(20)10-11-28(25)15-19-8-6-7-9-21(19)26/h6-9,13-14,16-17,25H,10-12,15H2,1-5H3,(H,27,29)/p+1/t17-,25+/m1/s1. The molecule has 0 aromatic heterocycles. The van der Waals surface area contributed by atoms with Gasteiger partial charge in [-0.1, -0.05) is 32.0 Å². The molecule has 1 aliphatic rings. The van der Waals surface area contributed by atoms with Crippen molar-refractivity contribution in [3.8, 4) is 11.5 Å². The van der Waals surface area contributed by atoms with E-state index in [1.54, 1.807) is 20.3 Å². The Morgan fingerprint density at radius 2 is 1.84 bits per heavy atom. The van der Waals surface area contributed by atoms with Crippen LogP contribution in [0.2, 0.25) is 0 Å². The Hall–Kier alpha value is -2.60. The third-order valence-corrected chi connectivity index (χ3v) is 5.99. The monoisotopic (exact) mass is 429 g/mol. The number of rotatable bonds is 8. The molecule has 3 rings (SSSR count). The molecule has 3 atom stereocenters. The van der Waals surface area contributed by atoms with Crippen molar-refractivity contribution in [2.24, 2.45) is 5.92 Å². The van der Waals surface area contributed by atoms with Crippen LogP contribution in [0.5, 0.6) is 11.5 Å². The van der Waals surface area contributed by atoms with E-state index in [1.165, 1.54) is 16.5 Å². The molecular formula is C25H34FN2O3+. The molecule has 6 heteroatoms. The molecule has 0 radical (unpaired) electrons. The summed E-state index contributed by atoms with van der Waals surface area (Å²) < 4.78 is 25.5. The van der Waals surface area contributed by atoms with E-state index in [0.717, 1.165) is 18.5 Å². The maximum absolute atomic E-state index is 14.4. The molecule has 31 heavy (non-hydrogen) atoms. The third kappa shape index (κ3) is 5.37. The van der Waals surface area contributed by atoms with Crippen molar-refractivity contribution >= 4 is 5.91 Å². The van der Waals surface area contributed by atoms with E-state index in [0.29, 0.717) is 30.0 Å². The number of fused-ring (bicyclic) bond motifs is 1. The summed E-state index contributed by atoms with van der Waals surface area (Å²) in [7, 11) is 3.26. The van der Waals surface area contributed by atoms with Gasteiger partial charge in [0.1, 0.15) is 18.4 Å². The summed E-state index contributed by atoms with van der Waals surface area (Å²) in [6.45, 7) is 7.50. The lowest BCUT2D eigenvalue weighted by molar-refractivity contribution is -0.948. The van der Waals surface area contributed by atoms with E-state index in [1.807, 2.05) is 45.0 Å². The predicted molar refractivity (Wildman–Crippen MR) is 119 cm³/mol. The molecule has 1 heterocycles. The van der Waals surface area contributed by atoms with Crippen LogP contribution in [0.15, 0.2) is 36.4 Å². The van der Waals surface area contributed by atoms with Gasteiger partial charge < -0.3 is 19.7 Å². The number of halogens is 1. The number of hydrogen-bond acceptors (Lipinski definition) is 3. The second kappa shape index (κ2) is 10.1. The lowest BCUT2D eigenvalue weighted by Gasteiger charge is -2.38. The van der Waals surface area contributed by atoms with Crippen LogP contribution in [0.1, 0.15) is 49.9 Å². The maximum Gasteiger partial charge on any atom is 0.220 e. The van der Waals surface area contributed by atoms with Crippen LogP contribution in [0.25, 0.3) is 0 Å². The van der Waals surface area contributed by atoms with Crippen molar-refractivity contribution in [3.05, 3.63) is 58.9 Å². The molecule has 0 saturated carbocycles. The summed E-state index contributed by atoms with van der Waals surface area (Å²) in [5, 5.41) is 3.19. The number of hydrogen-bond donors (Lipinski definition) is 2. The molecule has 0 bridgehead atoms. The second-order valence-electron chi connectivity index (χ2n) is 8.76. The lowest BCUT2D eigenvalue weighted by Crippen LogP contribution is -3.13. The Kier molecular flexibility index (Phi) is 7.55. The molecule has 1 aliphatic heterocycles. The zero-order chi connectivity index (χ0) is 22.5. The van der Waals surface area contributed by atoms with Crippen molar-refractivity contribution in [1.82, 2.24) is 5.32 Å². The van der Waals surface area contributed by atoms with Crippen LogP contribution in [0, 0.1) is 11.7 Å². The molecular weight excluding hydrogens is 395 g/mol. The summed E-state index contributed by atoms with van der Waals surface area (Å²) in [5.41, 5.74) is 2.99. The van der Waals surface area contributed by atoms with Gasteiger partial charge >= 0.3 is 0 Å². The summed E-state index contributed by atoms with van der Waals surface area (Å²) >= 11 is 0. The van der Waals surface area contributed by atoms with Crippen molar-refractivity contribution in [2.75, 3.05) is 20.8 Å². The molecule has 2 aromatic rings. The number of carbonyl (C=O) groups is 1. The van der Waals surface area contributed by atoms with Gasteiger partial charge in [0.2, 0.25) is 5.91 Å². The number of carbonyl (C=O) groups excluding carboxylic acids is 1. The number of nitrogens with one attached hydrogen (secondary N) is 2. The van der Waals surface area contributed by atoms with Crippen LogP contribution in [0.3, 0.4) is 0 Å². The van der Waals surface area contributed by atoms with Gasteiger partial charge in [0.05, 0.1) is 26.8 Å². The van der Waals surface area contributed by atoms with E-state index in [2.05, 4.69) is 5.32 Å². The highest BCUT2D eigenvalue weighted by Gasteiger charge is 2.37. The van der Waals surface area contributed by atoms with Crippen LogP contribution in [0.4, 0.5) is 4.39 Å². The Balaban J connectivity index is 1.97. The number of amides is 1. The fourth-order valence-electron chi connectivity index (χ4n) is 4.59. The largest absolute Gasteiger partial charge is 0.493 e. The molecule has 5 nitrogen and oxygen atoms in total. The smallest absolute Gasteiger partial charge is 0.220 e. The fourth-order valence-corrected chi connectivity index (χ4v) is 4.59. The molecule has 1 unspecified atom stereocenters. The Morgan fingerprint density at radius 3 is 2.48 bits per heavy atom. The van der Waals surface area contributed by atoms with Crippen LogP contribution in [-0.4, -0.2) is 32.7 Å². The minimum Gasteiger partial charge on any atom is -0.493 e. The SMILES string of the molecule is COc1cc2c(cc1OC)[C@H]([C@@H](C)NC(=O)CC(C)C)[NH+](Cc1ccccc1F)CC2. The highest BCUT2D eigenvalue weighted by molar-refractivity contribution is 5.76. The summed E-state index contributed by atoms with van der Waals surface area (Å²) in [6.07, 6.45) is 1.33. The summed E-state index contributed by atoms with van der Waals surface area (Å²) in [5.74, 6) is 1.51. The van der Waals surface area contributed by atoms with Crippen LogP contribution < -0.4 is 19.7 Å². The average molecular weight is 430 g/mol. The van der Waals surface area contributed by atoms with Crippen molar-refractivity contribution in [1.29, 1.82) is 0 Å². The summed E-state index contributed by atoms with van der Waals surface area (Å²) in [4.78, 5) is 13.8. The van der Waals surface area contributed by atoms with Gasteiger partial charge in [0.15, 0.2) is 11.5 Å². The minimum atomic E-state index is -0.191. The normalized spacial score (nSPS) is 18.9. The Bertz CT molecular complexity index is 916. The second-order valence-corrected chi connectivity index (χ2v) is 8.76. The van der Waals surface area contributed by atoms with Gasteiger partial charge in [0.25, 0.3) is 0 Å². The topological polar surface area (TPSA) is 52.0 Å². The van der Waals surface area contributed by atoms with Crippen molar-refractivity contribution in [3.63, 3.8) is 0 Å². The quantitative estimate of drug-likeness (QED) is 0.678. The van der Waals surface area contributed by atoms with Gasteiger partial charge in [-0.25, -0.2) is 4.39 Å². The fraction of sp³-hybridized carbons (Fsp3) is 0.480. The molecule has 0 spiro atoms. The Morgan fingerprint density at radius 1 is 1.16 bits per heavy atom. The van der Waals surface area contributed by atoms with E-state index in [4.69, 9.17) is 9.47 Å². The number of quaternary nitrogens is 1. The molecule has 0 fully saturated rings. The molecule has 168 valence electrons. The first-order valence-electron chi connectivity index (χ1n) is 11.0. The van der Waals surface area contributed by atoms with E-state index in [9.17, 15) is 9.18 Å². The first-order chi connectivity index (χ1) is 14.8. The Labute approximate surface area is 184 Å². The lowest BCUT2D eigenvalue weighted by atomic mass is 9.87. The van der Waals surface area contributed by atoms with Gasteiger partial charge in [-0.15, -0.1) is 0 Å². The van der Waals surface area contributed by atoms with E-state index < -0.39 is 0 Å². The molecule has 2 N–H and O–H groups in total. The van der Waals surface area contributed by atoms with Crippen molar-refractivity contribution in [2.45, 2.75) is 52.2 Å². The predicted octanol–water partition coefficient (Wildman–Crippen LogP) is 3.08. The highest BCUT2D eigenvalue weighted by Crippen LogP contribution is 2.35. The van der Waals surface area contributed by atoms with E-state index >= 15 is 0 Å². The van der Waals surface area contributed by atoms with Crippen LogP contribution >= 0.6 is 0 Å². The first kappa shape index (κ1) is 23.1. The molecule has 2 aromatic carbocycles. The van der Waals surface area contributed by atoms with Crippen LogP contribution in [-0.2, 0) is 17.8 Å². The number of methoxy groups -OCH3 is 2. The van der Waals surface area contributed by atoms with E-state index in [-0.39, 0.29) is 29.7 Å². The zero-order valence-electron chi connectivity index (χ0n) is 19.1. The van der Waals surface area contributed by atoms with Gasteiger partial charge in [-0.2, -0.15) is 0 Å². The number of benzene rings is 2. The maximum atomic E-state index is 14.4. The first-order valence-corrected chi connectivity index (χ1v) is 11.0. The minimum absolute atomic E-state index is 0.0284. The number of ether oxygens (including phenoxy) is 2. The average Bonchev–Trinajstić information content (AvgIpc) is 2.73.